The van der Waals surface area contributed by atoms with Gasteiger partial charge in [-0.25, -0.2) is 9.37 Å². The highest BCUT2D eigenvalue weighted by atomic mass is 35.5. The van der Waals surface area contributed by atoms with E-state index in [2.05, 4.69) is 9.55 Å². The fraction of sp³-hybridized carbons (Fsp3) is 0.533. The molecule has 0 spiro atoms. The van der Waals surface area contributed by atoms with Crippen molar-refractivity contribution in [3.8, 4) is 0 Å². The number of hydrogen-bond donors (Lipinski definition) is 0. The van der Waals surface area contributed by atoms with Gasteiger partial charge in [0.1, 0.15) is 11.6 Å². The van der Waals surface area contributed by atoms with Gasteiger partial charge in [-0.15, -0.1) is 11.6 Å². The molecule has 0 aliphatic carbocycles. The molecule has 0 radical (unpaired) electrons. The fourth-order valence-electron chi connectivity index (χ4n) is 2.78. The Labute approximate surface area is 122 Å². The van der Waals surface area contributed by atoms with Gasteiger partial charge in [0.05, 0.1) is 16.4 Å². The van der Waals surface area contributed by atoms with E-state index in [9.17, 15) is 4.39 Å². The number of hydrogen-bond acceptors (Lipinski definition) is 2. The van der Waals surface area contributed by atoms with Gasteiger partial charge in [0.2, 0.25) is 0 Å². The third kappa shape index (κ3) is 2.67. The summed E-state index contributed by atoms with van der Waals surface area (Å²) in [6.07, 6.45) is 2.12. The van der Waals surface area contributed by atoms with Crippen molar-refractivity contribution in [1.29, 1.82) is 0 Å². The summed E-state index contributed by atoms with van der Waals surface area (Å²) < 4.78 is 20.9. The number of ether oxygens (including phenoxy) is 1. The standard InChI is InChI=1S/C15H18ClFN2O/c1-10(16)15-18-13-3-2-12(17)8-14(13)19(15)6-4-11-5-7-20-9-11/h2-3,8,10-11H,4-7,9H2,1H3. The van der Waals surface area contributed by atoms with Crippen molar-refractivity contribution >= 4 is 22.6 Å². The predicted octanol–water partition coefficient (Wildman–Crippen LogP) is 3.90. The molecule has 1 fully saturated rings. The molecule has 1 aromatic heterocycles. The summed E-state index contributed by atoms with van der Waals surface area (Å²) >= 11 is 6.21. The first-order valence-corrected chi connectivity index (χ1v) is 7.46. The van der Waals surface area contributed by atoms with Crippen LogP contribution in [0.5, 0.6) is 0 Å². The molecule has 0 saturated carbocycles. The Bertz CT molecular complexity index is 605. The Balaban J connectivity index is 1.92. The SMILES string of the molecule is CC(Cl)c1nc2ccc(F)cc2n1CCC1CCOC1. The lowest BCUT2D eigenvalue weighted by Gasteiger charge is -2.13. The van der Waals surface area contributed by atoms with Gasteiger partial charge in [-0.2, -0.15) is 0 Å². The van der Waals surface area contributed by atoms with Crippen LogP contribution in [-0.4, -0.2) is 22.8 Å². The number of aromatic nitrogens is 2. The minimum atomic E-state index is -0.239. The van der Waals surface area contributed by atoms with Gasteiger partial charge in [0.15, 0.2) is 0 Å². The molecular formula is C15H18ClFN2O. The van der Waals surface area contributed by atoms with Crippen molar-refractivity contribution in [3.05, 3.63) is 29.8 Å². The maximum Gasteiger partial charge on any atom is 0.127 e. The minimum Gasteiger partial charge on any atom is -0.381 e. The lowest BCUT2D eigenvalue weighted by molar-refractivity contribution is 0.183. The van der Waals surface area contributed by atoms with Crippen LogP contribution in [-0.2, 0) is 11.3 Å². The molecule has 1 aliphatic rings. The Kier molecular flexibility index (Phi) is 3.94. The summed E-state index contributed by atoms with van der Waals surface area (Å²) in [5, 5.41) is -0.190. The van der Waals surface area contributed by atoms with Crippen molar-refractivity contribution in [2.24, 2.45) is 5.92 Å². The van der Waals surface area contributed by atoms with E-state index in [4.69, 9.17) is 16.3 Å². The molecule has 2 heterocycles. The molecule has 1 aromatic carbocycles. The first-order valence-electron chi connectivity index (χ1n) is 7.02. The highest BCUT2D eigenvalue weighted by Gasteiger charge is 2.19. The molecule has 2 atom stereocenters. The number of rotatable bonds is 4. The molecule has 3 rings (SSSR count). The average Bonchev–Trinajstić information content (AvgIpc) is 3.03. The van der Waals surface area contributed by atoms with Crippen molar-refractivity contribution in [1.82, 2.24) is 9.55 Å². The zero-order valence-corrected chi connectivity index (χ0v) is 12.2. The predicted molar refractivity (Wildman–Crippen MR) is 77.5 cm³/mol. The number of benzene rings is 1. The second-order valence-electron chi connectivity index (χ2n) is 5.39. The summed E-state index contributed by atoms with van der Waals surface area (Å²) in [7, 11) is 0. The fourth-order valence-corrected chi connectivity index (χ4v) is 2.94. The van der Waals surface area contributed by atoms with Gasteiger partial charge in [-0.05, 0) is 43.9 Å². The maximum absolute atomic E-state index is 13.5. The third-order valence-corrected chi connectivity index (χ3v) is 4.08. The largest absolute Gasteiger partial charge is 0.381 e. The molecular weight excluding hydrogens is 279 g/mol. The average molecular weight is 297 g/mol. The zero-order valence-electron chi connectivity index (χ0n) is 11.5. The summed E-state index contributed by atoms with van der Waals surface area (Å²) in [5.41, 5.74) is 1.63. The van der Waals surface area contributed by atoms with Crippen molar-refractivity contribution < 1.29 is 9.13 Å². The number of nitrogens with zero attached hydrogens (tertiary/aromatic N) is 2. The van der Waals surface area contributed by atoms with Gasteiger partial charge in [-0.1, -0.05) is 0 Å². The Hall–Kier alpha value is -1.13. The quantitative estimate of drug-likeness (QED) is 0.800. The van der Waals surface area contributed by atoms with Crippen LogP contribution in [0.2, 0.25) is 0 Å². The summed E-state index contributed by atoms with van der Waals surface area (Å²) in [6, 6.07) is 4.69. The molecule has 1 saturated heterocycles. The highest BCUT2D eigenvalue weighted by molar-refractivity contribution is 6.20. The zero-order chi connectivity index (χ0) is 14.1. The molecule has 0 N–H and O–H groups in total. The number of alkyl halides is 1. The van der Waals surface area contributed by atoms with Crippen molar-refractivity contribution in [3.63, 3.8) is 0 Å². The van der Waals surface area contributed by atoms with Gasteiger partial charge < -0.3 is 9.30 Å². The van der Waals surface area contributed by atoms with Crippen LogP contribution in [0.25, 0.3) is 11.0 Å². The highest BCUT2D eigenvalue weighted by Crippen LogP contribution is 2.27. The normalized spacial score (nSPS) is 20.6. The smallest absolute Gasteiger partial charge is 0.127 e. The van der Waals surface area contributed by atoms with Gasteiger partial charge in [0, 0.05) is 19.8 Å². The van der Waals surface area contributed by atoms with Crippen molar-refractivity contribution in [2.45, 2.75) is 31.7 Å². The third-order valence-electron chi connectivity index (χ3n) is 3.88. The summed E-state index contributed by atoms with van der Waals surface area (Å²) in [4.78, 5) is 4.53. The molecule has 1 aliphatic heterocycles. The number of imidazole rings is 1. The molecule has 2 aromatic rings. The molecule has 0 amide bonds. The monoisotopic (exact) mass is 296 g/mol. The number of halogens is 2. The second kappa shape index (κ2) is 5.70. The van der Waals surface area contributed by atoms with Gasteiger partial charge in [0.25, 0.3) is 0 Å². The lowest BCUT2D eigenvalue weighted by atomic mass is 10.1. The first kappa shape index (κ1) is 13.8. The topological polar surface area (TPSA) is 27.1 Å². The number of fused-ring (bicyclic) bond motifs is 1. The van der Waals surface area contributed by atoms with Gasteiger partial charge in [-0.3, -0.25) is 0 Å². The second-order valence-corrected chi connectivity index (χ2v) is 6.04. The van der Waals surface area contributed by atoms with Crippen LogP contribution < -0.4 is 0 Å². The van der Waals surface area contributed by atoms with Crippen LogP contribution in [0.15, 0.2) is 18.2 Å². The van der Waals surface area contributed by atoms with Crippen molar-refractivity contribution in [2.75, 3.05) is 13.2 Å². The van der Waals surface area contributed by atoms with Crippen LogP contribution in [0.3, 0.4) is 0 Å². The van der Waals surface area contributed by atoms with Crippen LogP contribution in [0.1, 0.15) is 31.0 Å². The Morgan fingerprint density at radius 2 is 2.40 bits per heavy atom. The van der Waals surface area contributed by atoms with Crippen LogP contribution in [0.4, 0.5) is 4.39 Å². The van der Waals surface area contributed by atoms with E-state index in [1.807, 2.05) is 6.92 Å². The molecule has 5 heteroatoms. The first-order chi connectivity index (χ1) is 9.65. The van der Waals surface area contributed by atoms with E-state index in [1.165, 1.54) is 12.1 Å². The molecule has 108 valence electrons. The maximum atomic E-state index is 13.5. The molecule has 0 bridgehead atoms. The lowest BCUT2D eigenvalue weighted by Crippen LogP contribution is -2.09. The molecule has 3 nitrogen and oxygen atoms in total. The van der Waals surface area contributed by atoms with E-state index in [0.717, 1.165) is 49.5 Å². The van der Waals surface area contributed by atoms with E-state index in [1.54, 1.807) is 6.07 Å². The van der Waals surface area contributed by atoms with E-state index >= 15 is 0 Å². The van der Waals surface area contributed by atoms with Gasteiger partial charge >= 0.3 is 0 Å². The summed E-state index contributed by atoms with van der Waals surface area (Å²) in [5.74, 6) is 1.15. The Morgan fingerprint density at radius 1 is 1.55 bits per heavy atom. The molecule has 2 unspecified atom stereocenters. The number of aryl methyl sites for hydroxylation is 1. The van der Waals surface area contributed by atoms with E-state index in [-0.39, 0.29) is 11.2 Å². The van der Waals surface area contributed by atoms with Crippen LogP contribution >= 0.6 is 11.6 Å². The minimum absolute atomic E-state index is 0.190. The Morgan fingerprint density at radius 3 is 3.10 bits per heavy atom. The summed E-state index contributed by atoms with van der Waals surface area (Å²) in [6.45, 7) is 4.38. The van der Waals surface area contributed by atoms with Crippen LogP contribution in [0, 0.1) is 11.7 Å². The van der Waals surface area contributed by atoms with E-state index in [0.29, 0.717) is 5.92 Å². The van der Waals surface area contributed by atoms with E-state index < -0.39 is 0 Å². The molecule has 20 heavy (non-hydrogen) atoms.